The average molecular weight is 178 g/mol. The predicted molar refractivity (Wildman–Crippen MR) is 37.2 cm³/mol. The van der Waals surface area contributed by atoms with Crippen molar-refractivity contribution in [1.82, 2.24) is 9.97 Å². The maximum absolute atomic E-state index is 11.9. The highest BCUT2D eigenvalue weighted by Gasteiger charge is 2.07. The quantitative estimate of drug-likeness (QED) is 0.675. The van der Waals surface area contributed by atoms with E-state index < -0.39 is 16.0 Å². The molecule has 1 N–H and O–H groups in total. The molecule has 0 unspecified atom stereocenters. The Hall–Kier alpha value is -0.910. The highest BCUT2D eigenvalue weighted by molar-refractivity contribution is 7.86. The number of rotatable bonds is 3. The largest absolute Gasteiger partial charge is 0.349 e. The molecule has 0 amide bonds. The zero-order valence-corrected chi connectivity index (χ0v) is 6.44. The van der Waals surface area contributed by atoms with Crippen LogP contribution >= 0.6 is 0 Å². The van der Waals surface area contributed by atoms with Gasteiger partial charge >= 0.3 is 10.2 Å². The van der Waals surface area contributed by atoms with Crippen molar-refractivity contribution in [3.63, 3.8) is 0 Å². The smallest absolute Gasteiger partial charge is 0.302 e. The summed E-state index contributed by atoms with van der Waals surface area (Å²) in [5.74, 6) is -0.0354. The fourth-order valence-corrected chi connectivity index (χ4v) is 1.09. The summed E-state index contributed by atoms with van der Waals surface area (Å²) < 4.78 is 31.9. The maximum atomic E-state index is 11.9. The number of halogens is 1. The Morgan fingerprint density at radius 1 is 1.64 bits per heavy atom. The lowest BCUT2D eigenvalue weighted by Crippen LogP contribution is -2.02. The van der Waals surface area contributed by atoms with Gasteiger partial charge in [0.15, 0.2) is 0 Å². The van der Waals surface area contributed by atoms with E-state index in [1.54, 1.807) is 6.20 Å². The molecule has 1 aromatic rings. The summed E-state index contributed by atoms with van der Waals surface area (Å²) in [6.45, 7) is 0. The first-order valence-electron chi connectivity index (χ1n) is 2.98. The van der Waals surface area contributed by atoms with E-state index in [1.165, 1.54) is 6.20 Å². The third-order valence-corrected chi connectivity index (χ3v) is 1.83. The van der Waals surface area contributed by atoms with Crippen LogP contribution in [0.5, 0.6) is 0 Å². The van der Waals surface area contributed by atoms with E-state index in [0.29, 0.717) is 5.82 Å². The number of aryl methyl sites for hydroxylation is 1. The Balaban J connectivity index is 2.48. The monoisotopic (exact) mass is 178 g/mol. The summed E-state index contributed by atoms with van der Waals surface area (Å²) in [7, 11) is -4.36. The molecular weight excluding hydrogens is 171 g/mol. The van der Waals surface area contributed by atoms with Crippen molar-refractivity contribution in [2.75, 3.05) is 5.75 Å². The molecule has 0 bridgehead atoms. The van der Waals surface area contributed by atoms with E-state index in [1.807, 2.05) is 0 Å². The molecule has 0 aliphatic rings. The van der Waals surface area contributed by atoms with Gasteiger partial charge in [0.2, 0.25) is 0 Å². The summed E-state index contributed by atoms with van der Waals surface area (Å²) in [5.41, 5.74) is 0. The highest BCUT2D eigenvalue weighted by Crippen LogP contribution is 1.96. The second-order valence-electron chi connectivity index (χ2n) is 2.03. The van der Waals surface area contributed by atoms with Crippen LogP contribution in [0, 0.1) is 0 Å². The van der Waals surface area contributed by atoms with Crippen molar-refractivity contribution in [1.29, 1.82) is 0 Å². The zero-order valence-electron chi connectivity index (χ0n) is 5.62. The highest BCUT2D eigenvalue weighted by atomic mass is 32.3. The van der Waals surface area contributed by atoms with Crippen molar-refractivity contribution >= 4 is 10.2 Å². The van der Waals surface area contributed by atoms with Gasteiger partial charge in [0.1, 0.15) is 5.82 Å². The van der Waals surface area contributed by atoms with Crippen molar-refractivity contribution in [3.8, 4) is 0 Å². The van der Waals surface area contributed by atoms with E-state index in [-0.39, 0.29) is 6.42 Å². The minimum atomic E-state index is -4.36. The van der Waals surface area contributed by atoms with Crippen LogP contribution < -0.4 is 0 Å². The second kappa shape index (κ2) is 3.00. The molecule has 0 spiro atoms. The van der Waals surface area contributed by atoms with Crippen LogP contribution in [0.15, 0.2) is 12.4 Å². The number of H-pyrrole nitrogens is 1. The molecule has 0 aromatic carbocycles. The van der Waals surface area contributed by atoms with Gasteiger partial charge in [0.25, 0.3) is 0 Å². The fourth-order valence-electron chi connectivity index (χ4n) is 0.653. The van der Waals surface area contributed by atoms with Gasteiger partial charge < -0.3 is 4.98 Å². The number of nitrogens with zero attached hydrogens (tertiary/aromatic N) is 1. The molecule has 4 nitrogen and oxygen atoms in total. The molecule has 1 aromatic heterocycles. The van der Waals surface area contributed by atoms with Crippen LogP contribution in [0.2, 0.25) is 0 Å². The van der Waals surface area contributed by atoms with Crippen molar-refractivity contribution in [2.45, 2.75) is 6.42 Å². The first-order chi connectivity index (χ1) is 5.08. The molecule has 62 valence electrons. The Kier molecular flexibility index (Phi) is 2.23. The molecule has 0 radical (unpaired) electrons. The summed E-state index contributed by atoms with van der Waals surface area (Å²) in [6, 6.07) is 0. The van der Waals surface area contributed by atoms with E-state index in [9.17, 15) is 12.3 Å². The molecule has 0 aliphatic heterocycles. The Bertz CT molecular complexity index is 305. The third kappa shape index (κ3) is 3.13. The first kappa shape index (κ1) is 8.19. The molecule has 11 heavy (non-hydrogen) atoms. The number of aromatic nitrogens is 2. The van der Waals surface area contributed by atoms with E-state index in [2.05, 4.69) is 9.97 Å². The lowest BCUT2D eigenvalue weighted by molar-refractivity contribution is 0.550. The lowest BCUT2D eigenvalue weighted by Gasteiger charge is -1.90. The van der Waals surface area contributed by atoms with Gasteiger partial charge in [0.05, 0.1) is 5.75 Å². The van der Waals surface area contributed by atoms with Crippen molar-refractivity contribution in [3.05, 3.63) is 18.2 Å². The molecule has 0 fully saturated rings. The maximum Gasteiger partial charge on any atom is 0.302 e. The van der Waals surface area contributed by atoms with Crippen LogP contribution in [-0.2, 0) is 16.6 Å². The Morgan fingerprint density at radius 2 is 2.36 bits per heavy atom. The number of hydrogen-bond donors (Lipinski definition) is 1. The van der Waals surface area contributed by atoms with Crippen LogP contribution in [0.1, 0.15) is 5.82 Å². The van der Waals surface area contributed by atoms with Gasteiger partial charge in [0, 0.05) is 18.8 Å². The van der Waals surface area contributed by atoms with Crippen LogP contribution in [-0.4, -0.2) is 24.1 Å². The third-order valence-electron chi connectivity index (χ3n) is 1.14. The van der Waals surface area contributed by atoms with Gasteiger partial charge in [-0.05, 0) is 0 Å². The number of imidazole rings is 1. The predicted octanol–water partition coefficient (Wildman–Crippen LogP) is 0.252. The van der Waals surface area contributed by atoms with Gasteiger partial charge in [-0.15, -0.1) is 3.89 Å². The minimum absolute atomic E-state index is 0.0891. The Labute approximate surface area is 63.7 Å². The van der Waals surface area contributed by atoms with Crippen LogP contribution in [0.25, 0.3) is 0 Å². The molecule has 1 heterocycles. The summed E-state index contributed by atoms with van der Waals surface area (Å²) >= 11 is 0. The molecular formula is C5H7FN2O2S. The Morgan fingerprint density at radius 3 is 2.82 bits per heavy atom. The topological polar surface area (TPSA) is 62.8 Å². The number of hydrogen-bond acceptors (Lipinski definition) is 3. The van der Waals surface area contributed by atoms with E-state index in [4.69, 9.17) is 0 Å². The summed E-state index contributed by atoms with van der Waals surface area (Å²) in [6.07, 6.45) is 3.13. The van der Waals surface area contributed by atoms with Gasteiger partial charge in [-0.3, -0.25) is 0 Å². The molecule has 0 saturated carbocycles. The fraction of sp³-hybridized carbons (Fsp3) is 0.400. The molecule has 0 saturated heterocycles. The lowest BCUT2D eigenvalue weighted by atomic mass is 10.5. The normalized spacial score (nSPS) is 11.7. The van der Waals surface area contributed by atoms with Gasteiger partial charge in [-0.2, -0.15) is 8.42 Å². The molecule has 0 aliphatic carbocycles. The minimum Gasteiger partial charge on any atom is -0.349 e. The first-order valence-corrected chi connectivity index (χ1v) is 4.54. The van der Waals surface area contributed by atoms with Crippen molar-refractivity contribution in [2.24, 2.45) is 0 Å². The van der Waals surface area contributed by atoms with Gasteiger partial charge in [-0.25, -0.2) is 4.98 Å². The van der Waals surface area contributed by atoms with Gasteiger partial charge in [-0.1, -0.05) is 0 Å². The standard InChI is InChI=1S/C5H7FN2O2S/c6-11(9,10)4-1-5-7-2-3-8-5/h2-3H,1,4H2,(H,7,8). The zero-order chi connectivity index (χ0) is 8.32. The molecule has 1 rings (SSSR count). The average Bonchev–Trinajstić information content (AvgIpc) is 2.32. The van der Waals surface area contributed by atoms with E-state index >= 15 is 0 Å². The SMILES string of the molecule is O=S(=O)(F)CCc1ncc[nH]1. The number of nitrogens with one attached hydrogen (secondary N) is 1. The summed E-state index contributed by atoms with van der Waals surface area (Å²) in [5, 5.41) is 0. The summed E-state index contributed by atoms with van der Waals surface area (Å²) in [4.78, 5) is 6.40. The molecule has 0 atom stereocenters. The van der Waals surface area contributed by atoms with E-state index in [0.717, 1.165) is 0 Å². The van der Waals surface area contributed by atoms with Crippen molar-refractivity contribution < 1.29 is 12.3 Å². The second-order valence-corrected chi connectivity index (χ2v) is 3.51. The van der Waals surface area contributed by atoms with Crippen LogP contribution in [0.4, 0.5) is 3.89 Å². The number of aromatic amines is 1. The molecule has 6 heteroatoms. The van der Waals surface area contributed by atoms with Crippen LogP contribution in [0.3, 0.4) is 0 Å².